The van der Waals surface area contributed by atoms with E-state index in [4.69, 9.17) is 0 Å². The van der Waals surface area contributed by atoms with E-state index in [1.165, 1.54) is 19.2 Å². The first-order valence-corrected chi connectivity index (χ1v) is 8.63. The maximum absolute atomic E-state index is 11.4. The molecule has 0 amide bonds. The minimum Gasteiger partial charge on any atom is -0.467 e. The van der Waals surface area contributed by atoms with Crippen molar-refractivity contribution in [1.29, 1.82) is 0 Å². The molecule has 1 saturated heterocycles. The largest absolute Gasteiger partial charge is 0.467 e. The van der Waals surface area contributed by atoms with Crippen molar-refractivity contribution < 1.29 is 14.6 Å². The van der Waals surface area contributed by atoms with Crippen molar-refractivity contribution in [2.24, 2.45) is 11.8 Å². The number of rotatable bonds is 7. The molecule has 5 nitrogen and oxygen atoms in total. The molecule has 0 spiro atoms. The van der Waals surface area contributed by atoms with Gasteiger partial charge in [-0.15, -0.1) is 0 Å². The van der Waals surface area contributed by atoms with Crippen molar-refractivity contribution in [3.63, 3.8) is 0 Å². The fourth-order valence-corrected chi connectivity index (χ4v) is 3.18. The molecule has 1 aliphatic rings. The lowest BCUT2D eigenvalue weighted by Gasteiger charge is -2.33. The highest BCUT2D eigenvalue weighted by atomic mass is 16.5. The van der Waals surface area contributed by atoms with Crippen LogP contribution < -0.4 is 0 Å². The summed E-state index contributed by atoms with van der Waals surface area (Å²) in [4.78, 5) is 13.8. The zero-order chi connectivity index (χ0) is 16.8. The van der Waals surface area contributed by atoms with Gasteiger partial charge in [0.25, 0.3) is 0 Å². The molecule has 0 aliphatic carbocycles. The first-order chi connectivity index (χ1) is 11.0. The Morgan fingerprint density at radius 1 is 1.39 bits per heavy atom. The maximum atomic E-state index is 11.4. The summed E-state index contributed by atoms with van der Waals surface area (Å²) in [6.45, 7) is 8.33. The van der Waals surface area contributed by atoms with E-state index in [0.717, 1.165) is 39.0 Å². The molecule has 2 heterocycles. The Morgan fingerprint density at radius 3 is 2.70 bits per heavy atom. The quantitative estimate of drug-likeness (QED) is 0.783. The Bertz CT molecular complexity index is 490. The number of hydrogen-bond donors (Lipinski definition) is 1. The van der Waals surface area contributed by atoms with Crippen LogP contribution in [0.4, 0.5) is 0 Å². The van der Waals surface area contributed by atoms with E-state index in [2.05, 4.69) is 46.4 Å². The molecule has 0 saturated carbocycles. The molecule has 2 rings (SSSR count). The van der Waals surface area contributed by atoms with Gasteiger partial charge in [-0.2, -0.15) is 0 Å². The smallest absolute Gasteiger partial charge is 0.334 e. The fourth-order valence-electron chi connectivity index (χ4n) is 3.18. The van der Waals surface area contributed by atoms with Crippen molar-refractivity contribution in [2.45, 2.75) is 52.3 Å². The van der Waals surface area contributed by atoms with Crippen LogP contribution in [0.3, 0.4) is 0 Å². The van der Waals surface area contributed by atoms with Crippen LogP contribution in [0.25, 0.3) is 0 Å². The summed E-state index contributed by atoms with van der Waals surface area (Å²) in [5.41, 5.74) is 1.35. The second kappa shape index (κ2) is 8.50. The molecule has 1 atom stereocenters. The normalized spacial score (nSPS) is 18.3. The predicted octanol–water partition coefficient (Wildman–Crippen LogP) is 2.28. The van der Waals surface area contributed by atoms with Crippen LogP contribution in [-0.4, -0.2) is 46.8 Å². The van der Waals surface area contributed by atoms with Crippen LogP contribution >= 0.6 is 0 Å². The van der Waals surface area contributed by atoms with Crippen LogP contribution in [-0.2, 0) is 22.6 Å². The summed E-state index contributed by atoms with van der Waals surface area (Å²) in [6, 6.07) is 4.30. The van der Waals surface area contributed by atoms with Gasteiger partial charge < -0.3 is 14.4 Å². The number of carbonyl (C=O) groups excluding carboxylic acids is 1. The van der Waals surface area contributed by atoms with Gasteiger partial charge in [-0.1, -0.05) is 13.8 Å². The van der Waals surface area contributed by atoms with Crippen molar-refractivity contribution in [1.82, 2.24) is 9.47 Å². The summed E-state index contributed by atoms with van der Waals surface area (Å²) < 4.78 is 6.98. The van der Waals surface area contributed by atoms with E-state index >= 15 is 0 Å². The monoisotopic (exact) mass is 322 g/mol. The summed E-state index contributed by atoms with van der Waals surface area (Å²) in [5.74, 6) is 0.221. The molecule has 1 aliphatic heterocycles. The number of nitrogens with zero attached hydrogens (tertiary/aromatic N) is 2. The van der Waals surface area contributed by atoms with Crippen LogP contribution in [0.2, 0.25) is 0 Å². The second-order valence-corrected chi connectivity index (χ2v) is 6.96. The van der Waals surface area contributed by atoms with E-state index in [9.17, 15) is 9.90 Å². The van der Waals surface area contributed by atoms with Crippen molar-refractivity contribution in [3.8, 4) is 0 Å². The lowest BCUT2D eigenvalue weighted by molar-refractivity contribution is -0.154. The Morgan fingerprint density at radius 2 is 2.09 bits per heavy atom. The van der Waals surface area contributed by atoms with Crippen LogP contribution in [0.5, 0.6) is 0 Å². The SMILES string of the molecule is COC(=O)C(O)C1CCN(Cc2cccn2CCC(C)C)CC1. The van der Waals surface area contributed by atoms with E-state index in [0.29, 0.717) is 5.92 Å². The average molecular weight is 322 g/mol. The van der Waals surface area contributed by atoms with Crippen molar-refractivity contribution in [3.05, 3.63) is 24.0 Å². The zero-order valence-electron chi connectivity index (χ0n) is 14.6. The van der Waals surface area contributed by atoms with Gasteiger partial charge in [0.1, 0.15) is 0 Å². The highest BCUT2D eigenvalue weighted by Crippen LogP contribution is 2.23. The maximum Gasteiger partial charge on any atom is 0.334 e. The number of piperidine rings is 1. The number of aromatic nitrogens is 1. The lowest BCUT2D eigenvalue weighted by atomic mass is 9.91. The van der Waals surface area contributed by atoms with E-state index in [-0.39, 0.29) is 5.92 Å². The highest BCUT2D eigenvalue weighted by Gasteiger charge is 2.30. The minimum absolute atomic E-state index is 0.0198. The predicted molar refractivity (Wildman–Crippen MR) is 89.9 cm³/mol. The molecule has 0 bridgehead atoms. The molecule has 5 heteroatoms. The molecule has 1 aromatic rings. The van der Waals surface area contributed by atoms with E-state index < -0.39 is 12.1 Å². The molecule has 130 valence electrons. The highest BCUT2D eigenvalue weighted by molar-refractivity contribution is 5.74. The van der Waals surface area contributed by atoms with Crippen molar-refractivity contribution in [2.75, 3.05) is 20.2 Å². The van der Waals surface area contributed by atoms with Gasteiger partial charge in [0, 0.05) is 25.0 Å². The number of aliphatic hydroxyl groups excluding tert-OH is 1. The first-order valence-electron chi connectivity index (χ1n) is 8.63. The Kier molecular flexibility index (Phi) is 6.66. The van der Waals surface area contributed by atoms with Gasteiger partial charge >= 0.3 is 5.97 Å². The molecule has 0 radical (unpaired) electrons. The summed E-state index contributed by atoms with van der Waals surface area (Å²) in [6.07, 6.45) is 4.05. The fraction of sp³-hybridized carbons (Fsp3) is 0.722. The number of esters is 1. The van der Waals surface area contributed by atoms with Gasteiger partial charge in [0.05, 0.1) is 7.11 Å². The average Bonchev–Trinajstić information content (AvgIpc) is 2.99. The molecule has 1 unspecified atom stereocenters. The summed E-state index contributed by atoms with van der Waals surface area (Å²) in [7, 11) is 1.33. The minimum atomic E-state index is -0.975. The van der Waals surface area contributed by atoms with Gasteiger partial charge in [-0.3, -0.25) is 4.90 Å². The van der Waals surface area contributed by atoms with Gasteiger partial charge in [0.2, 0.25) is 0 Å². The number of ether oxygens (including phenoxy) is 1. The number of carbonyl (C=O) groups is 1. The Labute approximate surface area is 139 Å². The molecule has 23 heavy (non-hydrogen) atoms. The number of aryl methyl sites for hydroxylation is 1. The van der Waals surface area contributed by atoms with Crippen LogP contribution in [0.1, 0.15) is 38.8 Å². The molecular weight excluding hydrogens is 292 g/mol. The third-order valence-electron chi connectivity index (χ3n) is 4.78. The Hall–Kier alpha value is -1.33. The van der Waals surface area contributed by atoms with E-state index in [1.54, 1.807) is 0 Å². The second-order valence-electron chi connectivity index (χ2n) is 6.96. The first kappa shape index (κ1) is 18.0. The molecule has 1 N–H and O–H groups in total. The van der Waals surface area contributed by atoms with Crippen molar-refractivity contribution >= 4 is 5.97 Å². The summed E-state index contributed by atoms with van der Waals surface area (Å²) in [5, 5.41) is 9.95. The topological polar surface area (TPSA) is 54.7 Å². The third-order valence-corrected chi connectivity index (χ3v) is 4.78. The van der Waals surface area contributed by atoms with E-state index in [1.807, 2.05) is 0 Å². The third kappa shape index (κ3) is 5.08. The molecular formula is C18H30N2O3. The molecule has 1 aromatic heterocycles. The van der Waals surface area contributed by atoms with Gasteiger partial charge in [-0.25, -0.2) is 4.79 Å². The number of aliphatic hydroxyl groups is 1. The number of hydrogen-bond acceptors (Lipinski definition) is 4. The van der Waals surface area contributed by atoms with Gasteiger partial charge in [-0.05, 0) is 56.3 Å². The van der Waals surface area contributed by atoms with Crippen LogP contribution in [0, 0.1) is 11.8 Å². The number of methoxy groups -OCH3 is 1. The standard InChI is InChI=1S/C18H30N2O3/c1-14(2)6-12-20-9-4-5-16(20)13-19-10-7-15(8-11-19)17(21)18(22)23-3/h4-5,9,14-15,17,21H,6-8,10-13H2,1-3H3. The summed E-state index contributed by atoms with van der Waals surface area (Å²) >= 11 is 0. The molecule has 1 fully saturated rings. The Balaban J connectivity index is 1.83. The van der Waals surface area contributed by atoms with Gasteiger partial charge in [0.15, 0.2) is 6.10 Å². The zero-order valence-corrected chi connectivity index (χ0v) is 14.6. The van der Waals surface area contributed by atoms with Crippen LogP contribution in [0.15, 0.2) is 18.3 Å². The lowest BCUT2D eigenvalue weighted by Crippen LogP contribution is -2.40. The molecule has 0 aromatic carbocycles. The number of likely N-dealkylation sites (tertiary alicyclic amines) is 1.